The summed E-state index contributed by atoms with van der Waals surface area (Å²) in [6.07, 6.45) is 18.3. The van der Waals surface area contributed by atoms with E-state index < -0.39 is 17.9 Å². The summed E-state index contributed by atoms with van der Waals surface area (Å²) < 4.78 is 0. The first-order chi connectivity index (χ1) is 17.5. The zero-order valence-electron chi connectivity index (χ0n) is 22.6. The molecular weight excluding hydrogens is 468 g/mol. The molecule has 200 valence electrons. The number of nitrogens with zero attached hydrogens (tertiary/aromatic N) is 1. The minimum absolute atomic E-state index is 0.0280. The van der Waals surface area contributed by atoms with Crippen LogP contribution in [0.2, 0.25) is 0 Å². The molecule has 1 aromatic rings. The lowest BCUT2D eigenvalue weighted by atomic mass is 9.72. The average Bonchev–Trinajstić information content (AvgIpc) is 3.31. The molecule has 0 bridgehead atoms. The molecule has 1 aromatic heterocycles. The van der Waals surface area contributed by atoms with E-state index in [-0.39, 0.29) is 30.7 Å². The smallest absolute Gasteiger partial charge is 0.326 e. The number of nitrogens with one attached hydrogen (secondary N) is 3. The molecule has 1 unspecified atom stereocenters. The Labute approximate surface area is 219 Å². The third-order valence-electron chi connectivity index (χ3n) is 6.39. The van der Waals surface area contributed by atoms with Gasteiger partial charge in [-0.15, -0.1) is 0 Å². The van der Waals surface area contributed by atoms with E-state index in [9.17, 15) is 19.5 Å². The van der Waals surface area contributed by atoms with E-state index in [1.54, 1.807) is 6.20 Å². The zero-order chi connectivity index (χ0) is 27.4. The lowest BCUT2D eigenvalue weighted by Gasteiger charge is -2.32. The summed E-state index contributed by atoms with van der Waals surface area (Å²) in [5, 5.41) is 14.4. The number of amides is 2. The fourth-order valence-electron chi connectivity index (χ4n) is 4.32. The summed E-state index contributed by atoms with van der Waals surface area (Å²) in [7, 11) is 0. The minimum Gasteiger partial charge on any atom is -0.480 e. The summed E-state index contributed by atoms with van der Waals surface area (Å²) in [4.78, 5) is 42.4. The standard InChI is InChI=1S/C29H40N4O4/c1-20(11-12-24-22(3)10-7-14-29(24,4)5)8-6-9-21(2)16-27(35)31-15-13-26(34)33-25(28(36)37)17-23-18-30-19-32-23/h6,8-9,11-12,16,18-19,25H,7,10,13-15,17H2,1-5H3,(H,30,32)(H,31,35)(H,33,34)(H,36,37). The SMILES string of the molecule is CC(C=CC1=C(C)CCCC1(C)C)=CC=CC(C)=CC(=O)NCCC(=O)NC(Cc1c[nH]cn1)C(=O)O. The molecule has 0 fully saturated rings. The highest BCUT2D eigenvalue weighted by Gasteiger charge is 2.26. The number of aromatic amines is 1. The Balaban J connectivity index is 1.79. The van der Waals surface area contributed by atoms with Gasteiger partial charge in [0.1, 0.15) is 6.04 Å². The Morgan fingerprint density at radius 1 is 1.22 bits per heavy atom. The molecule has 0 radical (unpaired) electrons. The number of H-pyrrole nitrogens is 1. The van der Waals surface area contributed by atoms with Crippen LogP contribution in [0.1, 0.15) is 66.0 Å². The van der Waals surface area contributed by atoms with Gasteiger partial charge in [-0.3, -0.25) is 9.59 Å². The summed E-state index contributed by atoms with van der Waals surface area (Å²) >= 11 is 0. The maximum Gasteiger partial charge on any atom is 0.326 e. The van der Waals surface area contributed by atoms with Gasteiger partial charge in [0, 0.05) is 31.7 Å². The Morgan fingerprint density at radius 3 is 2.62 bits per heavy atom. The Bertz CT molecular complexity index is 1100. The second-order valence-corrected chi connectivity index (χ2v) is 10.2. The molecule has 1 atom stereocenters. The van der Waals surface area contributed by atoms with Crippen LogP contribution in [0.3, 0.4) is 0 Å². The number of rotatable bonds is 12. The predicted octanol–water partition coefficient (Wildman–Crippen LogP) is 4.56. The molecule has 8 heteroatoms. The van der Waals surface area contributed by atoms with Gasteiger partial charge in [0.25, 0.3) is 0 Å². The minimum atomic E-state index is -1.14. The topological polar surface area (TPSA) is 124 Å². The predicted molar refractivity (Wildman–Crippen MR) is 146 cm³/mol. The van der Waals surface area contributed by atoms with Crippen molar-refractivity contribution >= 4 is 17.8 Å². The first-order valence-corrected chi connectivity index (χ1v) is 12.7. The first-order valence-electron chi connectivity index (χ1n) is 12.7. The second kappa shape index (κ2) is 14.2. The molecule has 8 nitrogen and oxygen atoms in total. The second-order valence-electron chi connectivity index (χ2n) is 10.2. The Kier molecular flexibility index (Phi) is 11.3. The van der Waals surface area contributed by atoms with Crippen LogP contribution in [-0.4, -0.2) is 45.4 Å². The molecule has 2 rings (SSSR count). The molecule has 2 amide bonds. The summed E-state index contributed by atoms with van der Waals surface area (Å²) in [5.74, 6) is -1.92. The molecule has 37 heavy (non-hydrogen) atoms. The van der Waals surface area contributed by atoms with Crippen LogP contribution >= 0.6 is 0 Å². The van der Waals surface area contributed by atoms with E-state index in [0.29, 0.717) is 5.69 Å². The number of carboxylic acids is 1. The average molecular weight is 509 g/mol. The van der Waals surface area contributed by atoms with Crippen molar-refractivity contribution < 1.29 is 19.5 Å². The Hall–Kier alpha value is -3.68. The molecule has 0 saturated carbocycles. The van der Waals surface area contributed by atoms with Gasteiger partial charge in [-0.2, -0.15) is 0 Å². The zero-order valence-corrected chi connectivity index (χ0v) is 22.6. The fraction of sp³-hybridized carbons (Fsp3) is 0.448. The largest absolute Gasteiger partial charge is 0.480 e. The lowest BCUT2D eigenvalue weighted by molar-refractivity contribution is -0.141. The number of imidazole rings is 1. The third kappa shape index (κ3) is 10.5. The van der Waals surface area contributed by atoms with E-state index in [2.05, 4.69) is 53.5 Å². The highest BCUT2D eigenvalue weighted by Crippen LogP contribution is 2.40. The van der Waals surface area contributed by atoms with Gasteiger partial charge in [-0.25, -0.2) is 9.78 Å². The van der Waals surface area contributed by atoms with Gasteiger partial charge in [-0.05, 0) is 56.6 Å². The quantitative estimate of drug-likeness (QED) is 0.243. The van der Waals surface area contributed by atoms with Crippen LogP contribution < -0.4 is 10.6 Å². The van der Waals surface area contributed by atoms with Crippen molar-refractivity contribution in [2.45, 2.75) is 72.8 Å². The lowest BCUT2D eigenvalue weighted by Crippen LogP contribution is -2.43. The van der Waals surface area contributed by atoms with Crippen LogP contribution in [0.4, 0.5) is 0 Å². The van der Waals surface area contributed by atoms with Gasteiger partial charge >= 0.3 is 5.97 Å². The normalized spacial score (nSPS) is 17.3. The molecule has 1 aliphatic carbocycles. The van der Waals surface area contributed by atoms with Crippen LogP contribution in [-0.2, 0) is 20.8 Å². The van der Waals surface area contributed by atoms with Crippen LogP contribution in [0.25, 0.3) is 0 Å². The summed E-state index contributed by atoms with van der Waals surface area (Å²) in [6, 6.07) is -1.08. The van der Waals surface area contributed by atoms with Gasteiger partial charge in [0.2, 0.25) is 11.8 Å². The monoisotopic (exact) mass is 508 g/mol. The van der Waals surface area contributed by atoms with Crippen molar-refractivity contribution in [2.75, 3.05) is 6.54 Å². The van der Waals surface area contributed by atoms with Crippen molar-refractivity contribution in [3.63, 3.8) is 0 Å². The number of hydrogen-bond donors (Lipinski definition) is 4. The third-order valence-corrected chi connectivity index (χ3v) is 6.39. The molecule has 0 spiro atoms. The van der Waals surface area contributed by atoms with Crippen molar-refractivity contribution in [2.24, 2.45) is 5.41 Å². The van der Waals surface area contributed by atoms with Gasteiger partial charge in [0.05, 0.1) is 12.0 Å². The number of aliphatic carboxylic acids is 1. The molecule has 0 saturated heterocycles. The number of carbonyl (C=O) groups excluding carboxylic acids is 2. The molecule has 4 N–H and O–H groups in total. The van der Waals surface area contributed by atoms with Crippen molar-refractivity contribution in [3.05, 3.63) is 77.0 Å². The molecule has 0 aliphatic heterocycles. The van der Waals surface area contributed by atoms with Crippen LogP contribution in [0, 0.1) is 5.41 Å². The van der Waals surface area contributed by atoms with Crippen LogP contribution in [0.15, 0.2) is 71.3 Å². The van der Waals surface area contributed by atoms with Crippen LogP contribution in [0.5, 0.6) is 0 Å². The number of allylic oxidation sites excluding steroid dienone is 9. The number of aromatic nitrogens is 2. The number of carbonyl (C=O) groups is 3. The van der Waals surface area contributed by atoms with Gasteiger partial charge < -0.3 is 20.7 Å². The van der Waals surface area contributed by atoms with E-state index in [4.69, 9.17) is 0 Å². The van der Waals surface area contributed by atoms with E-state index in [0.717, 1.165) is 17.6 Å². The summed E-state index contributed by atoms with van der Waals surface area (Å²) in [5.41, 5.74) is 5.53. The molecular formula is C29H40N4O4. The van der Waals surface area contributed by atoms with E-state index >= 15 is 0 Å². The maximum absolute atomic E-state index is 12.2. The molecule has 1 aliphatic rings. The van der Waals surface area contributed by atoms with Crippen molar-refractivity contribution in [3.8, 4) is 0 Å². The van der Waals surface area contributed by atoms with Crippen molar-refractivity contribution in [1.82, 2.24) is 20.6 Å². The maximum atomic E-state index is 12.2. The highest BCUT2D eigenvalue weighted by atomic mass is 16.4. The Morgan fingerprint density at radius 2 is 1.97 bits per heavy atom. The van der Waals surface area contributed by atoms with E-state index in [1.165, 1.54) is 36.4 Å². The molecule has 1 heterocycles. The number of carboxylic acid groups (broad SMARTS) is 1. The first kappa shape index (κ1) is 29.5. The molecule has 0 aromatic carbocycles. The van der Waals surface area contributed by atoms with Gasteiger partial charge in [0.15, 0.2) is 0 Å². The van der Waals surface area contributed by atoms with Gasteiger partial charge in [-0.1, -0.05) is 55.4 Å². The summed E-state index contributed by atoms with van der Waals surface area (Å²) in [6.45, 7) is 10.8. The van der Waals surface area contributed by atoms with Crippen molar-refractivity contribution in [1.29, 1.82) is 0 Å². The number of hydrogen-bond acceptors (Lipinski definition) is 4. The fourth-order valence-corrected chi connectivity index (χ4v) is 4.32. The van der Waals surface area contributed by atoms with E-state index in [1.807, 2.05) is 32.1 Å². The highest BCUT2D eigenvalue weighted by molar-refractivity contribution is 5.89.